The van der Waals surface area contributed by atoms with E-state index < -0.39 is 0 Å². The lowest BCUT2D eigenvalue weighted by molar-refractivity contribution is 0.588. The van der Waals surface area contributed by atoms with Crippen molar-refractivity contribution in [3.63, 3.8) is 0 Å². The second-order valence-electron chi connectivity index (χ2n) is 4.59. The van der Waals surface area contributed by atoms with Crippen molar-refractivity contribution in [1.29, 1.82) is 0 Å². The van der Waals surface area contributed by atoms with Crippen LogP contribution in [0, 0.1) is 6.92 Å². The molecule has 2 unspecified atom stereocenters. The molecule has 1 heterocycles. The van der Waals surface area contributed by atoms with Gasteiger partial charge in [0.2, 0.25) is 0 Å². The first-order valence-electron chi connectivity index (χ1n) is 5.53. The minimum absolute atomic E-state index is 0.124. The van der Waals surface area contributed by atoms with Crippen LogP contribution in [0.5, 0.6) is 0 Å². The maximum absolute atomic E-state index is 5.88. The normalized spacial score (nSPS) is 15.4. The maximum atomic E-state index is 5.88. The summed E-state index contributed by atoms with van der Waals surface area (Å²) in [5.74, 6) is 1.56. The van der Waals surface area contributed by atoms with E-state index in [0.29, 0.717) is 5.92 Å². The summed E-state index contributed by atoms with van der Waals surface area (Å²) in [5, 5.41) is 0. The standard InChI is InChI=1S/C12H21N3/c1-7(2)12-14-8(3)6-11(15-12)9(4)10(5)13/h6-7,9-10H,13H2,1-5H3. The second-order valence-corrected chi connectivity index (χ2v) is 4.59. The fourth-order valence-electron chi connectivity index (χ4n) is 1.38. The number of nitrogens with zero attached hydrogens (tertiary/aromatic N) is 2. The van der Waals surface area contributed by atoms with E-state index in [2.05, 4.69) is 30.7 Å². The molecule has 0 amide bonds. The Hall–Kier alpha value is -0.960. The highest BCUT2D eigenvalue weighted by atomic mass is 14.9. The first-order valence-corrected chi connectivity index (χ1v) is 5.53. The van der Waals surface area contributed by atoms with Crippen molar-refractivity contribution in [2.24, 2.45) is 5.73 Å². The smallest absolute Gasteiger partial charge is 0.131 e. The van der Waals surface area contributed by atoms with Gasteiger partial charge in [-0.05, 0) is 19.9 Å². The van der Waals surface area contributed by atoms with Gasteiger partial charge in [-0.3, -0.25) is 0 Å². The predicted octanol–water partition coefficient (Wildman–Crippen LogP) is 2.36. The highest BCUT2D eigenvalue weighted by Gasteiger charge is 2.14. The fourth-order valence-corrected chi connectivity index (χ4v) is 1.38. The zero-order valence-electron chi connectivity index (χ0n) is 10.3. The van der Waals surface area contributed by atoms with Crippen LogP contribution in [0.15, 0.2) is 6.07 Å². The Morgan fingerprint density at radius 3 is 2.20 bits per heavy atom. The van der Waals surface area contributed by atoms with Gasteiger partial charge in [-0.2, -0.15) is 0 Å². The van der Waals surface area contributed by atoms with E-state index in [1.165, 1.54) is 0 Å². The molecule has 0 aliphatic carbocycles. The van der Waals surface area contributed by atoms with E-state index in [9.17, 15) is 0 Å². The molecule has 0 saturated carbocycles. The van der Waals surface area contributed by atoms with E-state index in [4.69, 9.17) is 5.73 Å². The summed E-state index contributed by atoms with van der Waals surface area (Å²) < 4.78 is 0. The van der Waals surface area contributed by atoms with Gasteiger partial charge in [-0.25, -0.2) is 9.97 Å². The Kier molecular flexibility index (Phi) is 3.80. The van der Waals surface area contributed by atoms with Crippen molar-refractivity contribution in [1.82, 2.24) is 9.97 Å². The Labute approximate surface area is 92.1 Å². The Balaban J connectivity index is 3.09. The van der Waals surface area contributed by atoms with Crippen LogP contribution in [0.3, 0.4) is 0 Å². The molecular formula is C12H21N3. The highest BCUT2D eigenvalue weighted by molar-refractivity contribution is 5.16. The molecule has 15 heavy (non-hydrogen) atoms. The van der Waals surface area contributed by atoms with E-state index in [1.54, 1.807) is 0 Å². The lowest BCUT2D eigenvalue weighted by atomic mass is 9.99. The third-order valence-corrected chi connectivity index (χ3v) is 2.66. The summed E-state index contributed by atoms with van der Waals surface area (Å²) in [6.07, 6.45) is 0. The van der Waals surface area contributed by atoms with Crippen LogP contribution >= 0.6 is 0 Å². The van der Waals surface area contributed by atoms with Crippen molar-refractivity contribution < 1.29 is 0 Å². The Bertz CT molecular complexity index is 332. The quantitative estimate of drug-likeness (QED) is 0.827. The largest absolute Gasteiger partial charge is 0.327 e. The van der Waals surface area contributed by atoms with Crippen molar-refractivity contribution in [2.75, 3.05) is 0 Å². The lowest BCUT2D eigenvalue weighted by Gasteiger charge is -2.17. The van der Waals surface area contributed by atoms with Gasteiger partial charge in [-0.15, -0.1) is 0 Å². The fraction of sp³-hybridized carbons (Fsp3) is 0.667. The summed E-state index contributed by atoms with van der Waals surface area (Å²) in [4.78, 5) is 8.99. The van der Waals surface area contributed by atoms with Crippen molar-refractivity contribution >= 4 is 0 Å². The Morgan fingerprint density at radius 2 is 1.73 bits per heavy atom. The molecule has 84 valence electrons. The summed E-state index contributed by atoms with van der Waals surface area (Å²) in [6, 6.07) is 2.15. The number of aromatic nitrogens is 2. The van der Waals surface area contributed by atoms with Gasteiger partial charge in [0, 0.05) is 29.3 Å². The van der Waals surface area contributed by atoms with Crippen LogP contribution in [-0.4, -0.2) is 16.0 Å². The minimum atomic E-state index is 0.124. The third kappa shape index (κ3) is 2.99. The average molecular weight is 207 g/mol. The van der Waals surface area contributed by atoms with Crippen LogP contribution in [-0.2, 0) is 0 Å². The molecule has 0 aromatic carbocycles. The molecule has 0 spiro atoms. The highest BCUT2D eigenvalue weighted by Crippen LogP contribution is 2.19. The van der Waals surface area contributed by atoms with E-state index >= 15 is 0 Å². The molecule has 0 aliphatic rings. The maximum Gasteiger partial charge on any atom is 0.131 e. The molecule has 2 atom stereocenters. The molecule has 3 heteroatoms. The van der Waals surface area contributed by atoms with Gasteiger partial charge >= 0.3 is 0 Å². The predicted molar refractivity (Wildman–Crippen MR) is 62.9 cm³/mol. The van der Waals surface area contributed by atoms with Crippen LogP contribution in [0.1, 0.15) is 56.7 Å². The topological polar surface area (TPSA) is 51.8 Å². The summed E-state index contributed by atoms with van der Waals surface area (Å²) in [6.45, 7) is 10.3. The monoisotopic (exact) mass is 207 g/mol. The Morgan fingerprint density at radius 1 is 1.13 bits per heavy atom. The van der Waals surface area contributed by atoms with Gasteiger partial charge < -0.3 is 5.73 Å². The van der Waals surface area contributed by atoms with Crippen LogP contribution < -0.4 is 5.73 Å². The lowest BCUT2D eigenvalue weighted by Crippen LogP contribution is -2.24. The first-order chi connectivity index (χ1) is 6.91. The molecule has 1 aromatic rings. The number of hydrogen-bond acceptors (Lipinski definition) is 3. The SMILES string of the molecule is Cc1cc(C(C)C(C)N)nc(C(C)C)n1. The zero-order valence-corrected chi connectivity index (χ0v) is 10.3. The van der Waals surface area contributed by atoms with Crippen molar-refractivity contribution in [3.8, 4) is 0 Å². The van der Waals surface area contributed by atoms with Crippen molar-refractivity contribution in [2.45, 2.75) is 52.5 Å². The van der Waals surface area contributed by atoms with Gasteiger partial charge in [0.15, 0.2) is 0 Å². The van der Waals surface area contributed by atoms with Gasteiger partial charge in [0.25, 0.3) is 0 Å². The molecule has 0 bridgehead atoms. The average Bonchev–Trinajstić information content (AvgIpc) is 2.15. The minimum Gasteiger partial charge on any atom is -0.327 e. The molecular weight excluding hydrogens is 186 g/mol. The third-order valence-electron chi connectivity index (χ3n) is 2.66. The summed E-state index contributed by atoms with van der Waals surface area (Å²) in [5.41, 5.74) is 7.96. The van der Waals surface area contributed by atoms with Crippen LogP contribution in [0.2, 0.25) is 0 Å². The van der Waals surface area contributed by atoms with Gasteiger partial charge in [0.05, 0.1) is 0 Å². The van der Waals surface area contributed by atoms with Crippen LogP contribution in [0.4, 0.5) is 0 Å². The number of aryl methyl sites for hydroxylation is 1. The number of rotatable bonds is 3. The molecule has 3 nitrogen and oxygen atoms in total. The molecule has 0 fully saturated rings. The van der Waals surface area contributed by atoms with Gasteiger partial charge in [0.1, 0.15) is 5.82 Å². The number of nitrogens with two attached hydrogens (primary N) is 1. The summed E-state index contributed by atoms with van der Waals surface area (Å²) >= 11 is 0. The van der Waals surface area contributed by atoms with Crippen molar-refractivity contribution in [3.05, 3.63) is 23.3 Å². The van der Waals surface area contributed by atoms with E-state index in [0.717, 1.165) is 17.2 Å². The van der Waals surface area contributed by atoms with Gasteiger partial charge in [-0.1, -0.05) is 20.8 Å². The van der Waals surface area contributed by atoms with E-state index in [-0.39, 0.29) is 12.0 Å². The zero-order chi connectivity index (χ0) is 11.6. The molecule has 2 N–H and O–H groups in total. The van der Waals surface area contributed by atoms with E-state index in [1.807, 2.05) is 19.9 Å². The number of hydrogen-bond donors (Lipinski definition) is 1. The molecule has 0 aliphatic heterocycles. The molecule has 0 radical (unpaired) electrons. The molecule has 1 rings (SSSR count). The summed E-state index contributed by atoms with van der Waals surface area (Å²) in [7, 11) is 0. The molecule has 0 saturated heterocycles. The van der Waals surface area contributed by atoms with Crippen LogP contribution in [0.25, 0.3) is 0 Å². The second kappa shape index (κ2) is 4.71. The first kappa shape index (κ1) is 12.1. The molecule has 1 aromatic heterocycles.